The van der Waals surface area contributed by atoms with Crippen LogP contribution in [0, 0.1) is 0 Å². The van der Waals surface area contributed by atoms with Gasteiger partial charge in [0.05, 0.1) is 39.9 Å². The molecule has 0 saturated heterocycles. The summed E-state index contributed by atoms with van der Waals surface area (Å²) in [5.41, 5.74) is 0. The number of aliphatic hydroxyl groups is 1. The second-order valence-electron chi connectivity index (χ2n) is 27.0. The molecule has 0 fully saturated rings. The van der Waals surface area contributed by atoms with Crippen molar-refractivity contribution in [3.8, 4) is 0 Å². The van der Waals surface area contributed by atoms with Crippen molar-refractivity contribution in [2.24, 2.45) is 0 Å². The molecule has 0 radical (unpaired) electrons. The first-order valence-electron chi connectivity index (χ1n) is 37.5. The zero-order chi connectivity index (χ0) is 61.9. The van der Waals surface area contributed by atoms with E-state index in [-0.39, 0.29) is 19.1 Å². The van der Waals surface area contributed by atoms with Crippen LogP contribution in [0.5, 0.6) is 0 Å². The topological polar surface area (TPSA) is 105 Å². The number of rotatable bonds is 70. The molecule has 0 aliphatic carbocycles. The van der Waals surface area contributed by atoms with Crippen LogP contribution in [0.15, 0.2) is 48.6 Å². The van der Waals surface area contributed by atoms with E-state index in [4.69, 9.17) is 9.05 Å². The largest absolute Gasteiger partial charge is 0.472 e. The summed E-state index contributed by atoms with van der Waals surface area (Å²) in [6.07, 6.45) is 91.5. The number of nitrogens with one attached hydrogen (secondary N) is 1. The third-order valence-electron chi connectivity index (χ3n) is 17.3. The minimum Gasteiger partial charge on any atom is -0.387 e. The van der Waals surface area contributed by atoms with Gasteiger partial charge in [-0.3, -0.25) is 13.8 Å². The van der Waals surface area contributed by atoms with Crippen molar-refractivity contribution in [2.75, 3.05) is 40.9 Å². The number of quaternary nitrogens is 1. The van der Waals surface area contributed by atoms with Gasteiger partial charge in [0.1, 0.15) is 13.2 Å². The summed E-state index contributed by atoms with van der Waals surface area (Å²) in [7, 11) is 1.57. The Morgan fingerprint density at radius 3 is 1.01 bits per heavy atom. The molecule has 3 N–H and O–H groups in total. The maximum atomic E-state index is 13.1. The summed E-state index contributed by atoms with van der Waals surface area (Å²) in [5.74, 6) is -0.179. The molecule has 0 aromatic heterocycles. The van der Waals surface area contributed by atoms with E-state index in [0.29, 0.717) is 17.4 Å². The second-order valence-corrected chi connectivity index (χ2v) is 28.5. The van der Waals surface area contributed by atoms with E-state index >= 15 is 0 Å². The number of hydrogen-bond acceptors (Lipinski definition) is 5. The van der Waals surface area contributed by atoms with Crippen molar-refractivity contribution >= 4 is 13.7 Å². The Kier molecular flexibility index (Phi) is 65.7. The van der Waals surface area contributed by atoms with Crippen LogP contribution in [0.4, 0.5) is 0 Å². The van der Waals surface area contributed by atoms with Gasteiger partial charge in [0.2, 0.25) is 5.91 Å². The fourth-order valence-electron chi connectivity index (χ4n) is 11.4. The van der Waals surface area contributed by atoms with E-state index in [1.54, 1.807) is 6.08 Å². The SMILES string of the molecule is CCCCCCC/C=C\C/C=C\CCCCCCCCCCCCCCCCCCCCCCCC(=O)NC(COP(=O)(O)OCC[N+](C)(C)C)C(O)/C=C/CC/C=C/CCCCCCCCCCCCCCCCCCCCCCCCCC. The van der Waals surface area contributed by atoms with Gasteiger partial charge in [-0.2, -0.15) is 0 Å². The molecule has 0 aromatic carbocycles. The molecular formula is C76H148N2O6P+. The van der Waals surface area contributed by atoms with Gasteiger partial charge in [-0.05, 0) is 64.2 Å². The van der Waals surface area contributed by atoms with Crippen molar-refractivity contribution in [1.82, 2.24) is 5.32 Å². The van der Waals surface area contributed by atoms with Crippen molar-refractivity contribution in [3.63, 3.8) is 0 Å². The first-order valence-corrected chi connectivity index (χ1v) is 39.0. The van der Waals surface area contributed by atoms with Crippen molar-refractivity contribution in [1.29, 1.82) is 0 Å². The third kappa shape index (κ3) is 69.8. The maximum absolute atomic E-state index is 13.1. The van der Waals surface area contributed by atoms with Gasteiger partial charge < -0.3 is 19.8 Å². The minimum atomic E-state index is -4.36. The Labute approximate surface area is 530 Å². The molecule has 0 aromatic rings. The molecule has 9 heteroatoms. The normalized spacial score (nSPS) is 13.8. The lowest BCUT2D eigenvalue weighted by atomic mass is 10.0. The molecule has 0 bridgehead atoms. The predicted molar refractivity (Wildman–Crippen MR) is 374 cm³/mol. The quantitative estimate of drug-likeness (QED) is 0.0243. The highest BCUT2D eigenvalue weighted by Gasteiger charge is 2.28. The van der Waals surface area contributed by atoms with Gasteiger partial charge in [-0.25, -0.2) is 4.57 Å². The van der Waals surface area contributed by atoms with Gasteiger partial charge in [0, 0.05) is 6.42 Å². The highest BCUT2D eigenvalue weighted by Crippen LogP contribution is 2.43. The first-order chi connectivity index (χ1) is 41.5. The number of carbonyl (C=O) groups excluding carboxylic acids is 1. The van der Waals surface area contributed by atoms with E-state index < -0.39 is 20.0 Å². The van der Waals surface area contributed by atoms with Gasteiger partial charge in [-0.15, -0.1) is 0 Å². The number of amides is 1. The van der Waals surface area contributed by atoms with E-state index in [1.165, 1.54) is 315 Å². The molecule has 3 unspecified atom stereocenters. The monoisotopic (exact) mass is 1220 g/mol. The summed E-state index contributed by atoms with van der Waals surface area (Å²) in [5, 5.41) is 14.0. The van der Waals surface area contributed by atoms with Gasteiger partial charge in [-0.1, -0.05) is 358 Å². The Morgan fingerprint density at radius 2 is 0.682 bits per heavy atom. The number of allylic oxidation sites excluding steroid dienone is 7. The fraction of sp³-hybridized carbons (Fsp3) is 0.882. The Morgan fingerprint density at radius 1 is 0.400 bits per heavy atom. The average Bonchev–Trinajstić information content (AvgIpc) is 3.49. The zero-order valence-electron chi connectivity index (χ0n) is 57.6. The molecule has 0 spiro atoms. The molecule has 502 valence electrons. The van der Waals surface area contributed by atoms with E-state index in [9.17, 15) is 19.4 Å². The predicted octanol–water partition coefficient (Wildman–Crippen LogP) is 24.2. The lowest BCUT2D eigenvalue weighted by Gasteiger charge is -2.25. The lowest BCUT2D eigenvalue weighted by molar-refractivity contribution is -0.870. The molecule has 85 heavy (non-hydrogen) atoms. The molecule has 3 atom stereocenters. The van der Waals surface area contributed by atoms with Crippen LogP contribution in [-0.2, 0) is 18.4 Å². The Bertz CT molecular complexity index is 1530. The van der Waals surface area contributed by atoms with Crippen LogP contribution in [0.25, 0.3) is 0 Å². The van der Waals surface area contributed by atoms with Gasteiger partial charge >= 0.3 is 7.82 Å². The number of phosphoric ester groups is 1. The Hall–Kier alpha value is -1.54. The number of phosphoric acid groups is 1. The number of aliphatic hydroxyl groups excluding tert-OH is 1. The summed E-state index contributed by atoms with van der Waals surface area (Å²) < 4.78 is 23.8. The Balaban J connectivity index is 4.03. The summed E-state index contributed by atoms with van der Waals surface area (Å²) >= 11 is 0. The van der Waals surface area contributed by atoms with Crippen LogP contribution in [0.1, 0.15) is 380 Å². The molecule has 0 aliphatic heterocycles. The standard InChI is InChI=1S/C76H147N2O6P/c1-6-8-10-12-14-16-18-20-22-24-26-28-30-32-34-36-38-39-40-42-44-46-48-50-52-54-56-58-60-62-64-66-68-70-76(80)77-74(73-84-85(81,82)83-72-71-78(3,4)5)75(79)69-67-65-63-61-59-57-55-53-51-49-47-45-43-41-37-35-33-31-29-27-25-23-21-19-17-15-13-11-9-7-2/h18,20,24,26,59,61,67,69,74-75,79H,6-17,19,21-23,25,27-58,60,62-66,68,70-73H2,1-5H3,(H-,77,80,81,82)/p+1/b20-18-,26-24-,61-59+,69-67+. The van der Waals surface area contributed by atoms with E-state index in [1.807, 2.05) is 27.2 Å². The smallest absolute Gasteiger partial charge is 0.387 e. The van der Waals surface area contributed by atoms with Crippen LogP contribution < -0.4 is 5.32 Å². The van der Waals surface area contributed by atoms with Gasteiger partial charge in [0.25, 0.3) is 0 Å². The molecule has 0 aliphatic rings. The van der Waals surface area contributed by atoms with Crippen LogP contribution >= 0.6 is 7.82 Å². The van der Waals surface area contributed by atoms with Crippen LogP contribution in [-0.4, -0.2) is 73.4 Å². The molecule has 0 saturated carbocycles. The zero-order valence-corrected chi connectivity index (χ0v) is 58.5. The minimum absolute atomic E-state index is 0.0575. The van der Waals surface area contributed by atoms with Crippen molar-refractivity contribution < 1.29 is 32.9 Å². The number of unbranched alkanes of at least 4 members (excludes halogenated alkanes) is 51. The molecule has 1 amide bonds. The first kappa shape index (κ1) is 83.5. The summed E-state index contributed by atoms with van der Waals surface area (Å²) in [6, 6.07) is -0.865. The summed E-state index contributed by atoms with van der Waals surface area (Å²) in [6.45, 7) is 4.84. The lowest BCUT2D eigenvalue weighted by Crippen LogP contribution is -2.45. The maximum Gasteiger partial charge on any atom is 0.472 e. The molecule has 0 rings (SSSR count). The van der Waals surface area contributed by atoms with Crippen LogP contribution in [0.2, 0.25) is 0 Å². The van der Waals surface area contributed by atoms with E-state index in [0.717, 1.165) is 44.9 Å². The van der Waals surface area contributed by atoms with E-state index in [2.05, 4.69) is 55.6 Å². The molecular weight excluding hydrogens is 1070 g/mol. The van der Waals surface area contributed by atoms with Crippen LogP contribution in [0.3, 0.4) is 0 Å². The highest BCUT2D eigenvalue weighted by atomic mass is 31.2. The highest BCUT2D eigenvalue weighted by molar-refractivity contribution is 7.47. The average molecular weight is 1220 g/mol. The molecule has 8 nitrogen and oxygen atoms in total. The third-order valence-corrected chi connectivity index (χ3v) is 18.3. The van der Waals surface area contributed by atoms with Crippen molar-refractivity contribution in [3.05, 3.63) is 48.6 Å². The fourth-order valence-corrected chi connectivity index (χ4v) is 12.2. The van der Waals surface area contributed by atoms with Gasteiger partial charge in [0.15, 0.2) is 0 Å². The summed E-state index contributed by atoms with van der Waals surface area (Å²) in [4.78, 5) is 23.4. The number of carbonyl (C=O) groups is 1. The number of hydrogen-bond donors (Lipinski definition) is 3. The second kappa shape index (κ2) is 66.9. The number of nitrogens with zero attached hydrogens (tertiary/aromatic N) is 1. The number of likely N-dealkylation sites (N-methyl/N-ethyl adjacent to an activating group) is 1. The van der Waals surface area contributed by atoms with Crippen molar-refractivity contribution in [2.45, 2.75) is 392 Å². The molecule has 0 heterocycles.